The molecule has 2 aliphatic heterocycles. The van der Waals surface area contributed by atoms with Crippen LogP contribution in [0.2, 0.25) is 0 Å². The van der Waals surface area contributed by atoms with Gasteiger partial charge in [-0.2, -0.15) is 0 Å². The van der Waals surface area contributed by atoms with Gasteiger partial charge in [-0.15, -0.1) is 0 Å². The third kappa shape index (κ3) is 3.54. The summed E-state index contributed by atoms with van der Waals surface area (Å²) in [5.41, 5.74) is 1.35. The minimum Gasteiger partial charge on any atom is -0.491 e. The number of benzene rings is 2. The van der Waals surface area contributed by atoms with Crippen molar-refractivity contribution in [1.82, 2.24) is 14.9 Å². The molecule has 1 unspecified atom stereocenters. The van der Waals surface area contributed by atoms with Crippen LogP contribution >= 0.6 is 0 Å². The molecule has 3 aliphatic rings. The monoisotopic (exact) mass is 403 g/mol. The van der Waals surface area contributed by atoms with Crippen molar-refractivity contribution >= 4 is 5.91 Å². The first-order chi connectivity index (χ1) is 14.7. The molecule has 1 aliphatic carbocycles. The topological polar surface area (TPSA) is 55.3 Å². The van der Waals surface area contributed by atoms with Crippen LogP contribution in [-0.2, 0) is 0 Å². The first-order valence-electron chi connectivity index (χ1n) is 10.3. The molecule has 1 amide bonds. The van der Waals surface area contributed by atoms with Gasteiger partial charge in [0.1, 0.15) is 18.2 Å². The highest BCUT2D eigenvalue weighted by Gasteiger charge is 2.46. The molecule has 1 saturated carbocycles. The van der Waals surface area contributed by atoms with Crippen LogP contribution in [0.25, 0.3) is 11.4 Å². The van der Waals surface area contributed by atoms with Crippen molar-refractivity contribution in [3.05, 3.63) is 78.4 Å². The zero-order valence-corrected chi connectivity index (χ0v) is 16.4. The van der Waals surface area contributed by atoms with Gasteiger partial charge in [0.25, 0.3) is 5.91 Å². The Morgan fingerprint density at radius 1 is 1.00 bits per heavy atom. The Kier molecular flexibility index (Phi) is 4.91. The molecule has 2 aromatic carbocycles. The third-order valence-electron chi connectivity index (χ3n) is 6.06. The lowest BCUT2D eigenvalue weighted by Crippen LogP contribution is -2.60. The second-order valence-electron chi connectivity index (χ2n) is 7.98. The number of rotatable bonds is 5. The van der Waals surface area contributed by atoms with Crippen molar-refractivity contribution in [2.45, 2.75) is 31.3 Å². The fraction of sp³-hybridized carbons (Fsp3) is 0.292. The summed E-state index contributed by atoms with van der Waals surface area (Å²) in [7, 11) is 0. The predicted octanol–water partition coefficient (Wildman–Crippen LogP) is 4.35. The lowest BCUT2D eigenvalue weighted by atomic mass is 9.70. The van der Waals surface area contributed by atoms with Gasteiger partial charge in [-0.05, 0) is 61.6 Å². The molecule has 0 radical (unpaired) electrons. The molecular formula is C24H22FN3O2. The number of carbonyl (C=O) groups is 1. The molecule has 152 valence electrons. The molecule has 0 spiro atoms. The number of hydrogen-bond donors (Lipinski definition) is 0. The number of halogens is 1. The second kappa shape index (κ2) is 7.86. The highest BCUT2D eigenvalue weighted by atomic mass is 19.1. The smallest absolute Gasteiger partial charge is 0.255 e. The van der Waals surface area contributed by atoms with Crippen LogP contribution in [0, 0.1) is 11.7 Å². The van der Waals surface area contributed by atoms with Crippen molar-refractivity contribution < 1.29 is 13.9 Å². The average Bonchev–Trinajstić information content (AvgIpc) is 2.78. The molecule has 5 nitrogen and oxygen atoms in total. The highest BCUT2D eigenvalue weighted by Crippen LogP contribution is 2.44. The Morgan fingerprint density at radius 3 is 2.50 bits per heavy atom. The van der Waals surface area contributed by atoms with Crippen molar-refractivity contribution in [3.8, 4) is 17.1 Å². The van der Waals surface area contributed by atoms with E-state index in [9.17, 15) is 9.18 Å². The van der Waals surface area contributed by atoms with E-state index in [0.717, 1.165) is 24.8 Å². The lowest BCUT2D eigenvalue weighted by molar-refractivity contribution is -0.0305. The zero-order valence-electron chi connectivity index (χ0n) is 16.4. The maximum atomic E-state index is 13.7. The van der Waals surface area contributed by atoms with E-state index in [1.165, 1.54) is 12.1 Å². The number of fused-ring (bicyclic) bond motifs is 2. The maximum Gasteiger partial charge on any atom is 0.255 e. The standard InChI is InChI=1S/C24H22FN3O2/c25-17-6-8-20(9-7-17)30-15-19-14-16-12-18(13-16)28(19)24(29)22-5-2-1-4-21(22)23-26-10-3-11-27-23/h1-11,16,18-19H,12-15H2. The molecule has 3 heterocycles. The van der Waals surface area contributed by atoms with E-state index < -0.39 is 0 Å². The van der Waals surface area contributed by atoms with Crippen molar-refractivity contribution in [2.75, 3.05) is 6.61 Å². The SMILES string of the molecule is O=C(c1ccccc1-c1ncccn1)N1C(COc2ccc(F)cc2)CC2CC1C2. The lowest BCUT2D eigenvalue weighted by Gasteiger charge is -2.53. The summed E-state index contributed by atoms with van der Waals surface area (Å²) in [6.45, 7) is 0.397. The Hall–Kier alpha value is -3.28. The molecule has 30 heavy (non-hydrogen) atoms. The number of hydrogen-bond acceptors (Lipinski definition) is 4. The van der Waals surface area contributed by atoms with Gasteiger partial charge in [0.15, 0.2) is 5.82 Å². The van der Waals surface area contributed by atoms with Crippen LogP contribution < -0.4 is 4.74 Å². The maximum absolute atomic E-state index is 13.7. The molecule has 1 aromatic heterocycles. The minimum absolute atomic E-state index is 0.00564. The molecule has 3 fully saturated rings. The van der Waals surface area contributed by atoms with Gasteiger partial charge in [-0.3, -0.25) is 4.79 Å². The van der Waals surface area contributed by atoms with Crippen LogP contribution in [0.3, 0.4) is 0 Å². The molecule has 6 heteroatoms. The van der Waals surface area contributed by atoms with E-state index in [1.54, 1.807) is 30.6 Å². The summed E-state index contributed by atoms with van der Waals surface area (Å²) in [6, 6.07) is 15.5. The van der Waals surface area contributed by atoms with Gasteiger partial charge in [0.2, 0.25) is 0 Å². The van der Waals surface area contributed by atoms with Gasteiger partial charge in [0, 0.05) is 24.0 Å². The summed E-state index contributed by atoms with van der Waals surface area (Å²) >= 11 is 0. The Bertz CT molecular complexity index is 1040. The largest absolute Gasteiger partial charge is 0.491 e. The van der Waals surface area contributed by atoms with E-state index in [1.807, 2.05) is 29.2 Å². The summed E-state index contributed by atoms with van der Waals surface area (Å²) < 4.78 is 19.1. The normalized spacial score (nSPS) is 22.3. The Balaban J connectivity index is 1.40. The van der Waals surface area contributed by atoms with Gasteiger partial charge in [0.05, 0.1) is 11.6 Å². The Morgan fingerprint density at radius 2 is 1.73 bits per heavy atom. The van der Waals surface area contributed by atoms with Gasteiger partial charge < -0.3 is 9.64 Å². The van der Waals surface area contributed by atoms with E-state index in [4.69, 9.17) is 4.74 Å². The summed E-state index contributed by atoms with van der Waals surface area (Å²) in [4.78, 5) is 24.3. The van der Waals surface area contributed by atoms with Crippen molar-refractivity contribution in [3.63, 3.8) is 0 Å². The Labute approximate surface area is 174 Å². The molecule has 3 aromatic rings. The molecule has 2 saturated heterocycles. The van der Waals surface area contributed by atoms with Crippen molar-refractivity contribution in [1.29, 1.82) is 0 Å². The summed E-state index contributed by atoms with van der Waals surface area (Å²) in [6.07, 6.45) is 6.37. The van der Waals surface area contributed by atoms with Crippen LogP contribution in [0.4, 0.5) is 4.39 Å². The molecule has 1 atom stereocenters. The van der Waals surface area contributed by atoms with Gasteiger partial charge >= 0.3 is 0 Å². The molecular weight excluding hydrogens is 381 g/mol. The third-order valence-corrected chi connectivity index (χ3v) is 6.06. The summed E-state index contributed by atoms with van der Waals surface area (Å²) in [5.74, 6) is 1.51. The first kappa shape index (κ1) is 18.7. The van der Waals surface area contributed by atoms with Crippen LogP contribution in [0.5, 0.6) is 5.75 Å². The van der Waals surface area contributed by atoms with Gasteiger partial charge in [-0.1, -0.05) is 18.2 Å². The number of carbonyl (C=O) groups excluding carboxylic acids is 1. The van der Waals surface area contributed by atoms with Crippen LogP contribution in [0.1, 0.15) is 29.6 Å². The highest BCUT2D eigenvalue weighted by molar-refractivity contribution is 6.00. The predicted molar refractivity (Wildman–Crippen MR) is 110 cm³/mol. The number of amides is 1. The average molecular weight is 403 g/mol. The zero-order chi connectivity index (χ0) is 20.5. The first-order valence-corrected chi connectivity index (χ1v) is 10.3. The fourth-order valence-electron chi connectivity index (χ4n) is 4.56. The van der Waals surface area contributed by atoms with E-state index in [2.05, 4.69) is 9.97 Å². The quantitative estimate of drug-likeness (QED) is 0.635. The van der Waals surface area contributed by atoms with Crippen LogP contribution in [0.15, 0.2) is 67.0 Å². The molecule has 6 rings (SSSR count). The van der Waals surface area contributed by atoms with E-state index >= 15 is 0 Å². The van der Waals surface area contributed by atoms with E-state index in [0.29, 0.717) is 29.7 Å². The fourth-order valence-corrected chi connectivity index (χ4v) is 4.56. The number of aromatic nitrogens is 2. The van der Waals surface area contributed by atoms with Gasteiger partial charge in [-0.25, -0.2) is 14.4 Å². The van der Waals surface area contributed by atoms with E-state index in [-0.39, 0.29) is 23.8 Å². The molecule has 0 N–H and O–H groups in total. The minimum atomic E-state index is -0.294. The summed E-state index contributed by atoms with van der Waals surface area (Å²) in [5, 5.41) is 0. The second-order valence-corrected chi connectivity index (χ2v) is 7.98. The van der Waals surface area contributed by atoms with Crippen molar-refractivity contribution in [2.24, 2.45) is 5.92 Å². The number of nitrogens with zero attached hydrogens (tertiary/aromatic N) is 3. The van der Waals surface area contributed by atoms with Crippen LogP contribution in [-0.4, -0.2) is 39.5 Å². The number of ether oxygens (including phenoxy) is 1. The number of piperidine rings is 2. The molecule has 2 bridgehead atoms.